The van der Waals surface area contributed by atoms with E-state index in [9.17, 15) is 4.79 Å². The number of aromatic nitrogens is 1. The Kier molecular flexibility index (Phi) is 5.41. The number of nitrogens with zero attached hydrogens (tertiary/aromatic N) is 1. The molecule has 1 N–H and O–H groups in total. The summed E-state index contributed by atoms with van der Waals surface area (Å²) >= 11 is 12.1. The molecule has 4 nitrogen and oxygen atoms in total. The molecule has 0 aliphatic heterocycles. The van der Waals surface area contributed by atoms with E-state index in [1.165, 1.54) is 0 Å². The first-order valence-electron chi connectivity index (χ1n) is 7.80. The van der Waals surface area contributed by atoms with Gasteiger partial charge in [0.15, 0.2) is 0 Å². The van der Waals surface area contributed by atoms with E-state index < -0.39 is 0 Å². The topological polar surface area (TPSA) is 55.1 Å². The number of benzene rings is 2. The monoisotopic (exact) mass is 374 g/mol. The van der Waals surface area contributed by atoms with Crippen molar-refractivity contribution in [1.29, 1.82) is 0 Å². The van der Waals surface area contributed by atoms with E-state index in [1.807, 2.05) is 42.5 Å². The number of carbonyl (C=O) groups is 1. The molecule has 0 saturated heterocycles. The summed E-state index contributed by atoms with van der Waals surface area (Å²) in [5.41, 5.74) is 2.62. The number of carbonyl (C=O) groups excluding carboxylic acids is 1. The summed E-state index contributed by atoms with van der Waals surface area (Å²) in [6.45, 7) is 2.20. The van der Waals surface area contributed by atoms with Crippen LogP contribution in [0.5, 0.6) is 0 Å². The lowest BCUT2D eigenvalue weighted by Crippen LogP contribution is -2.26. The third-order valence-corrected chi connectivity index (χ3v) is 4.41. The number of nitrogens with one attached hydrogen (secondary N) is 1. The molecule has 128 valence electrons. The highest BCUT2D eigenvalue weighted by molar-refractivity contribution is 6.33. The second kappa shape index (κ2) is 7.72. The van der Waals surface area contributed by atoms with Crippen molar-refractivity contribution in [2.75, 3.05) is 6.54 Å². The molecule has 3 rings (SSSR count). The van der Waals surface area contributed by atoms with E-state index in [4.69, 9.17) is 27.7 Å². The summed E-state index contributed by atoms with van der Waals surface area (Å²) in [6, 6.07) is 14.8. The van der Waals surface area contributed by atoms with Gasteiger partial charge in [-0.15, -0.1) is 0 Å². The molecule has 3 aromatic rings. The Morgan fingerprint density at radius 1 is 1.12 bits per heavy atom. The van der Waals surface area contributed by atoms with Gasteiger partial charge in [0.05, 0.1) is 5.02 Å². The van der Waals surface area contributed by atoms with Gasteiger partial charge in [0.2, 0.25) is 0 Å². The van der Waals surface area contributed by atoms with E-state index in [1.54, 1.807) is 13.0 Å². The molecule has 1 heterocycles. The summed E-state index contributed by atoms with van der Waals surface area (Å²) in [5.74, 6) is 0.224. The van der Waals surface area contributed by atoms with Gasteiger partial charge in [0.25, 0.3) is 5.91 Å². The minimum absolute atomic E-state index is 0.234. The summed E-state index contributed by atoms with van der Waals surface area (Å²) in [5, 5.41) is 8.12. The first-order chi connectivity index (χ1) is 12.1. The Morgan fingerprint density at radius 2 is 1.84 bits per heavy atom. The molecule has 2 aromatic carbocycles. The molecule has 1 amide bonds. The normalized spacial score (nSPS) is 10.7. The standard InChI is InChI=1S/C19H16Cl2N2O2/c1-12-17(18(23-25-12)15-4-2-3-5-16(15)21)19(24)22-11-10-13-6-8-14(20)9-7-13/h2-9H,10-11H2,1H3,(H,22,24). The van der Waals surface area contributed by atoms with Crippen LogP contribution in [0.4, 0.5) is 0 Å². The first kappa shape index (κ1) is 17.5. The van der Waals surface area contributed by atoms with Crippen molar-refractivity contribution in [2.45, 2.75) is 13.3 Å². The van der Waals surface area contributed by atoms with Gasteiger partial charge in [-0.25, -0.2) is 0 Å². The Labute approximate surface area is 155 Å². The van der Waals surface area contributed by atoms with Gasteiger partial charge in [0.1, 0.15) is 17.0 Å². The SMILES string of the molecule is Cc1onc(-c2ccccc2Cl)c1C(=O)NCCc1ccc(Cl)cc1. The molecule has 0 spiro atoms. The van der Waals surface area contributed by atoms with Crippen LogP contribution in [0.2, 0.25) is 10.0 Å². The number of amides is 1. The largest absolute Gasteiger partial charge is 0.360 e. The molecule has 0 unspecified atom stereocenters. The fourth-order valence-electron chi connectivity index (χ4n) is 2.54. The molecule has 6 heteroatoms. The van der Waals surface area contributed by atoms with E-state index in [-0.39, 0.29) is 5.91 Å². The lowest BCUT2D eigenvalue weighted by atomic mass is 10.1. The van der Waals surface area contributed by atoms with Gasteiger partial charge >= 0.3 is 0 Å². The van der Waals surface area contributed by atoms with Crippen molar-refractivity contribution < 1.29 is 9.32 Å². The van der Waals surface area contributed by atoms with Gasteiger partial charge in [-0.1, -0.05) is 58.7 Å². The van der Waals surface area contributed by atoms with Crippen molar-refractivity contribution in [3.05, 3.63) is 75.5 Å². The van der Waals surface area contributed by atoms with Crippen LogP contribution in [0.25, 0.3) is 11.3 Å². The molecule has 0 aliphatic carbocycles. The molecule has 0 saturated carbocycles. The molecule has 0 atom stereocenters. The van der Waals surface area contributed by atoms with E-state index >= 15 is 0 Å². The molecular weight excluding hydrogens is 359 g/mol. The summed E-state index contributed by atoms with van der Waals surface area (Å²) in [4.78, 5) is 12.6. The maximum Gasteiger partial charge on any atom is 0.257 e. The maximum atomic E-state index is 12.6. The van der Waals surface area contributed by atoms with Crippen molar-refractivity contribution in [3.63, 3.8) is 0 Å². The average Bonchev–Trinajstić information content (AvgIpc) is 2.98. The van der Waals surface area contributed by atoms with Gasteiger partial charge in [-0.05, 0) is 37.1 Å². The smallest absolute Gasteiger partial charge is 0.257 e. The third-order valence-electron chi connectivity index (χ3n) is 3.83. The lowest BCUT2D eigenvalue weighted by molar-refractivity contribution is 0.0953. The molecule has 1 aromatic heterocycles. The number of halogens is 2. The van der Waals surface area contributed by atoms with Crippen LogP contribution in [0.3, 0.4) is 0 Å². The zero-order valence-corrected chi connectivity index (χ0v) is 15.1. The van der Waals surface area contributed by atoms with Crippen LogP contribution in [0.1, 0.15) is 21.7 Å². The van der Waals surface area contributed by atoms with Crippen LogP contribution in [0.15, 0.2) is 53.1 Å². The highest BCUT2D eigenvalue weighted by Crippen LogP contribution is 2.30. The van der Waals surface area contributed by atoms with Crippen LogP contribution in [-0.4, -0.2) is 17.6 Å². The van der Waals surface area contributed by atoms with Crippen molar-refractivity contribution in [1.82, 2.24) is 10.5 Å². The summed E-state index contributed by atoms with van der Waals surface area (Å²) in [7, 11) is 0. The molecule has 0 fully saturated rings. The first-order valence-corrected chi connectivity index (χ1v) is 8.55. The van der Waals surface area contributed by atoms with Gasteiger partial charge in [-0.2, -0.15) is 0 Å². The highest BCUT2D eigenvalue weighted by atomic mass is 35.5. The maximum absolute atomic E-state index is 12.6. The molecular formula is C19H16Cl2N2O2. The Hall–Kier alpha value is -2.30. The Balaban J connectivity index is 1.73. The second-order valence-corrected chi connectivity index (χ2v) is 6.42. The summed E-state index contributed by atoms with van der Waals surface area (Å²) in [6.07, 6.45) is 0.703. The minimum atomic E-state index is -0.234. The number of aryl methyl sites for hydroxylation is 1. The fraction of sp³-hybridized carbons (Fsp3) is 0.158. The second-order valence-electron chi connectivity index (χ2n) is 5.57. The number of hydrogen-bond donors (Lipinski definition) is 1. The minimum Gasteiger partial charge on any atom is -0.360 e. The zero-order chi connectivity index (χ0) is 17.8. The Morgan fingerprint density at radius 3 is 2.56 bits per heavy atom. The van der Waals surface area contributed by atoms with Crippen LogP contribution >= 0.6 is 23.2 Å². The third kappa shape index (κ3) is 4.03. The number of hydrogen-bond acceptors (Lipinski definition) is 3. The van der Waals surface area contributed by atoms with Gasteiger partial charge in [0, 0.05) is 17.1 Å². The summed E-state index contributed by atoms with van der Waals surface area (Å²) < 4.78 is 5.22. The molecule has 0 radical (unpaired) electrons. The predicted molar refractivity (Wildman–Crippen MR) is 99.2 cm³/mol. The zero-order valence-electron chi connectivity index (χ0n) is 13.6. The van der Waals surface area contributed by atoms with Crippen molar-refractivity contribution in [3.8, 4) is 11.3 Å². The van der Waals surface area contributed by atoms with Crippen LogP contribution < -0.4 is 5.32 Å². The highest BCUT2D eigenvalue weighted by Gasteiger charge is 2.22. The fourth-order valence-corrected chi connectivity index (χ4v) is 2.89. The lowest BCUT2D eigenvalue weighted by Gasteiger charge is -2.07. The quantitative estimate of drug-likeness (QED) is 0.688. The van der Waals surface area contributed by atoms with Crippen molar-refractivity contribution in [2.24, 2.45) is 0 Å². The number of rotatable bonds is 5. The van der Waals surface area contributed by atoms with E-state index in [0.29, 0.717) is 45.6 Å². The van der Waals surface area contributed by atoms with Crippen LogP contribution in [0, 0.1) is 6.92 Å². The average molecular weight is 375 g/mol. The van der Waals surface area contributed by atoms with Crippen LogP contribution in [-0.2, 0) is 6.42 Å². The molecule has 25 heavy (non-hydrogen) atoms. The van der Waals surface area contributed by atoms with Gasteiger partial charge in [-0.3, -0.25) is 4.79 Å². The van der Waals surface area contributed by atoms with Crippen molar-refractivity contribution >= 4 is 29.1 Å². The van der Waals surface area contributed by atoms with E-state index in [2.05, 4.69) is 10.5 Å². The molecule has 0 aliphatic rings. The molecule has 0 bridgehead atoms. The Bertz CT molecular complexity index is 889. The van der Waals surface area contributed by atoms with Gasteiger partial charge < -0.3 is 9.84 Å². The van der Waals surface area contributed by atoms with E-state index in [0.717, 1.165) is 5.56 Å². The predicted octanol–water partition coefficient (Wildman–Crippen LogP) is 4.93.